The third-order valence-corrected chi connectivity index (χ3v) is 5.52. The largest absolute Gasteiger partial charge is 0.426 e. The van der Waals surface area contributed by atoms with Gasteiger partial charge in [0.05, 0.1) is 5.92 Å². The minimum Gasteiger partial charge on any atom is -0.426 e. The van der Waals surface area contributed by atoms with Crippen molar-refractivity contribution in [1.29, 1.82) is 0 Å². The second kappa shape index (κ2) is 4.59. The Morgan fingerprint density at radius 1 is 1.18 bits per heavy atom. The van der Waals surface area contributed by atoms with E-state index >= 15 is 0 Å². The highest BCUT2D eigenvalue weighted by molar-refractivity contribution is 14.1. The number of carbonyl (C=O) groups excluding carboxylic acids is 1. The average Bonchev–Trinajstić information content (AvgIpc) is 2.48. The SMILES string of the molecule is O=C1Oc2ccccc2C(I)C2CCCCC12. The molecule has 1 aliphatic carbocycles. The summed E-state index contributed by atoms with van der Waals surface area (Å²) in [5.41, 5.74) is 1.19. The number of hydrogen-bond donors (Lipinski definition) is 0. The number of rotatable bonds is 0. The molecule has 2 nitrogen and oxygen atoms in total. The maximum atomic E-state index is 12.1. The van der Waals surface area contributed by atoms with Crippen LogP contribution in [0, 0.1) is 11.8 Å². The third-order valence-electron chi connectivity index (χ3n) is 3.92. The second-order valence-corrected chi connectivity index (χ2v) is 6.26. The van der Waals surface area contributed by atoms with Crippen molar-refractivity contribution in [2.75, 3.05) is 0 Å². The van der Waals surface area contributed by atoms with E-state index in [1.165, 1.54) is 12.0 Å². The Balaban J connectivity index is 2.04. The number of halogens is 1. The molecule has 1 aliphatic heterocycles. The van der Waals surface area contributed by atoms with Crippen LogP contribution in [0.5, 0.6) is 5.75 Å². The molecule has 0 aromatic heterocycles. The van der Waals surface area contributed by atoms with Crippen LogP contribution in [0.1, 0.15) is 35.2 Å². The lowest BCUT2D eigenvalue weighted by molar-refractivity contribution is -0.141. The monoisotopic (exact) mass is 342 g/mol. The van der Waals surface area contributed by atoms with Crippen LogP contribution in [0.25, 0.3) is 0 Å². The van der Waals surface area contributed by atoms with Crippen molar-refractivity contribution in [3.63, 3.8) is 0 Å². The molecule has 0 bridgehead atoms. The van der Waals surface area contributed by atoms with Gasteiger partial charge in [-0.15, -0.1) is 0 Å². The molecule has 0 radical (unpaired) electrons. The zero-order valence-corrected chi connectivity index (χ0v) is 11.7. The Morgan fingerprint density at radius 3 is 2.82 bits per heavy atom. The molecule has 2 aliphatic rings. The van der Waals surface area contributed by atoms with Crippen LogP contribution >= 0.6 is 22.6 Å². The van der Waals surface area contributed by atoms with Gasteiger partial charge in [-0.3, -0.25) is 4.79 Å². The Labute approximate surface area is 115 Å². The molecule has 3 rings (SSSR count). The van der Waals surface area contributed by atoms with Crippen molar-refractivity contribution in [1.82, 2.24) is 0 Å². The number of fused-ring (bicyclic) bond motifs is 2. The van der Waals surface area contributed by atoms with Crippen molar-refractivity contribution in [3.05, 3.63) is 29.8 Å². The van der Waals surface area contributed by atoms with Crippen LogP contribution in [0.15, 0.2) is 24.3 Å². The van der Waals surface area contributed by atoms with Gasteiger partial charge in [-0.2, -0.15) is 0 Å². The summed E-state index contributed by atoms with van der Waals surface area (Å²) >= 11 is 2.49. The summed E-state index contributed by atoms with van der Waals surface area (Å²) in [6, 6.07) is 7.97. The predicted octanol–water partition coefficient (Wildman–Crippen LogP) is 3.89. The summed E-state index contributed by atoms with van der Waals surface area (Å²) in [4.78, 5) is 12.1. The number of benzene rings is 1. The zero-order valence-electron chi connectivity index (χ0n) is 9.56. The van der Waals surface area contributed by atoms with Crippen LogP contribution < -0.4 is 4.74 Å². The quantitative estimate of drug-likeness (QED) is 0.310. The Morgan fingerprint density at radius 2 is 1.94 bits per heavy atom. The lowest BCUT2D eigenvalue weighted by atomic mass is 9.76. The standard InChI is InChI=1S/C14H15IO2/c15-13-9-5-1-2-6-10(9)14(16)17-12-8-4-3-7-11(12)13/h3-4,7-10,13H,1-2,5-6H2. The normalized spacial score (nSPS) is 32.1. The number of hydrogen-bond acceptors (Lipinski definition) is 2. The van der Waals surface area contributed by atoms with Crippen LogP contribution in [0.4, 0.5) is 0 Å². The highest BCUT2D eigenvalue weighted by atomic mass is 127. The summed E-state index contributed by atoms with van der Waals surface area (Å²) in [5.74, 6) is 1.33. The molecular weight excluding hydrogens is 327 g/mol. The number of carbonyl (C=O) groups is 1. The number of alkyl halides is 1. The topological polar surface area (TPSA) is 26.3 Å². The maximum absolute atomic E-state index is 12.1. The summed E-state index contributed by atoms with van der Waals surface area (Å²) in [6.07, 6.45) is 4.56. The first-order chi connectivity index (χ1) is 8.27. The van der Waals surface area contributed by atoms with E-state index in [9.17, 15) is 4.79 Å². The second-order valence-electron chi connectivity index (χ2n) is 4.92. The Kier molecular flexibility index (Phi) is 3.11. The molecule has 0 amide bonds. The van der Waals surface area contributed by atoms with Gasteiger partial charge in [-0.05, 0) is 24.8 Å². The van der Waals surface area contributed by atoms with E-state index in [1.807, 2.05) is 18.2 Å². The molecule has 0 N–H and O–H groups in total. The van der Waals surface area contributed by atoms with Gasteiger partial charge < -0.3 is 4.74 Å². The van der Waals surface area contributed by atoms with Crippen LogP contribution in [-0.4, -0.2) is 5.97 Å². The zero-order chi connectivity index (χ0) is 11.8. The smallest absolute Gasteiger partial charge is 0.314 e. The van der Waals surface area contributed by atoms with Gasteiger partial charge >= 0.3 is 5.97 Å². The molecular formula is C14H15IO2. The van der Waals surface area contributed by atoms with Crippen molar-refractivity contribution in [2.24, 2.45) is 11.8 Å². The Hall–Kier alpha value is -0.580. The molecule has 1 fully saturated rings. The fourth-order valence-corrected chi connectivity index (χ4v) is 4.39. The predicted molar refractivity (Wildman–Crippen MR) is 74.3 cm³/mol. The molecule has 0 spiro atoms. The number of esters is 1. The van der Waals surface area contributed by atoms with Crippen LogP contribution in [-0.2, 0) is 4.79 Å². The number of para-hydroxylation sites is 1. The first-order valence-corrected chi connectivity index (χ1v) is 7.46. The van der Waals surface area contributed by atoms with Gasteiger partial charge in [0.25, 0.3) is 0 Å². The maximum Gasteiger partial charge on any atom is 0.314 e. The van der Waals surface area contributed by atoms with Crippen molar-refractivity contribution < 1.29 is 9.53 Å². The summed E-state index contributed by atoms with van der Waals surface area (Å²) in [7, 11) is 0. The van der Waals surface area contributed by atoms with Crippen LogP contribution in [0.2, 0.25) is 0 Å². The third kappa shape index (κ3) is 1.98. The first-order valence-electron chi connectivity index (χ1n) is 6.22. The van der Waals surface area contributed by atoms with Gasteiger partial charge in [0, 0.05) is 9.49 Å². The molecule has 1 heterocycles. The van der Waals surface area contributed by atoms with E-state index in [2.05, 4.69) is 28.7 Å². The van der Waals surface area contributed by atoms with E-state index < -0.39 is 0 Å². The molecule has 1 aromatic carbocycles. The fraction of sp³-hybridized carbons (Fsp3) is 0.500. The van der Waals surface area contributed by atoms with Gasteiger partial charge in [-0.1, -0.05) is 53.6 Å². The van der Waals surface area contributed by atoms with Crippen LogP contribution in [0.3, 0.4) is 0 Å². The molecule has 17 heavy (non-hydrogen) atoms. The summed E-state index contributed by atoms with van der Waals surface area (Å²) in [5, 5.41) is 0. The van der Waals surface area contributed by atoms with E-state index in [0.29, 0.717) is 9.84 Å². The molecule has 3 atom stereocenters. The lowest BCUT2D eigenvalue weighted by Crippen LogP contribution is -2.30. The van der Waals surface area contributed by atoms with E-state index in [1.54, 1.807) is 0 Å². The summed E-state index contributed by atoms with van der Waals surface area (Å²) < 4.78 is 5.96. The van der Waals surface area contributed by atoms with E-state index in [-0.39, 0.29) is 11.9 Å². The first kappa shape index (κ1) is 11.5. The highest BCUT2D eigenvalue weighted by Crippen LogP contribution is 2.48. The average molecular weight is 342 g/mol. The molecule has 90 valence electrons. The van der Waals surface area contributed by atoms with Gasteiger partial charge in [0.15, 0.2) is 0 Å². The molecule has 3 heteroatoms. The Bertz CT molecular complexity index is 444. The summed E-state index contributed by atoms with van der Waals surface area (Å²) in [6.45, 7) is 0. The van der Waals surface area contributed by atoms with Crippen molar-refractivity contribution >= 4 is 28.6 Å². The minimum absolute atomic E-state index is 0.0127. The van der Waals surface area contributed by atoms with E-state index in [0.717, 1.165) is 25.0 Å². The highest BCUT2D eigenvalue weighted by Gasteiger charge is 2.40. The van der Waals surface area contributed by atoms with Crippen molar-refractivity contribution in [3.8, 4) is 5.75 Å². The van der Waals surface area contributed by atoms with Gasteiger partial charge in [0.2, 0.25) is 0 Å². The molecule has 1 saturated carbocycles. The van der Waals surface area contributed by atoms with E-state index in [4.69, 9.17) is 4.74 Å². The molecule has 3 unspecified atom stereocenters. The molecule has 1 aromatic rings. The fourth-order valence-electron chi connectivity index (χ4n) is 3.02. The van der Waals surface area contributed by atoms with Crippen molar-refractivity contribution in [2.45, 2.75) is 29.6 Å². The lowest BCUT2D eigenvalue weighted by Gasteiger charge is -2.30. The number of ether oxygens (including phenoxy) is 1. The molecule has 0 saturated heterocycles. The minimum atomic E-state index is -0.0127. The van der Waals surface area contributed by atoms with Gasteiger partial charge in [0.1, 0.15) is 5.75 Å². The van der Waals surface area contributed by atoms with Gasteiger partial charge in [-0.25, -0.2) is 0 Å².